The summed E-state index contributed by atoms with van der Waals surface area (Å²) in [5.74, 6) is -0.0155. The predicted molar refractivity (Wildman–Crippen MR) is 74.6 cm³/mol. The first-order chi connectivity index (χ1) is 9.60. The van der Waals surface area contributed by atoms with Crippen molar-refractivity contribution in [2.24, 2.45) is 0 Å². The average Bonchev–Trinajstić information content (AvgIpc) is 2.45. The Bertz CT molecular complexity index is 655. The van der Waals surface area contributed by atoms with Crippen molar-refractivity contribution in [2.45, 2.75) is 6.54 Å². The van der Waals surface area contributed by atoms with Gasteiger partial charge in [-0.05, 0) is 13.1 Å². The number of fused-ring (bicyclic) bond motifs is 1. The fourth-order valence-electron chi connectivity index (χ4n) is 2.08. The Morgan fingerprint density at radius 1 is 1.30 bits per heavy atom. The summed E-state index contributed by atoms with van der Waals surface area (Å²) in [6.07, 6.45) is 0. The molecule has 1 aromatic carbocycles. The number of nitrogens with one attached hydrogen (secondary N) is 1. The van der Waals surface area contributed by atoms with Gasteiger partial charge in [-0.3, -0.25) is 4.98 Å². The monoisotopic (exact) mass is 276 g/mol. The van der Waals surface area contributed by atoms with Crippen LogP contribution in [0.25, 0.3) is 10.9 Å². The Kier molecular flexibility index (Phi) is 4.05. The van der Waals surface area contributed by atoms with E-state index < -0.39 is 5.97 Å². The Morgan fingerprint density at radius 3 is 2.60 bits per heavy atom. The molecule has 0 bridgehead atoms. The molecule has 0 spiro atoms. The fourth-order valence-corrected chi connectivity index (χ4v) is 2.08. The molecule has 0 aliphatic rings. The molecule has 0 aliphatic heterocycles. The SMILES string of the molecule is CNCc1cc(C(=O)O)c2c(OC)cc(OC)cc2n1. The summed E-state index contributed by atoms with van der Waals surface area (Å²) >= 11 is 0. The molecule has 6 heteroatoms. The second-order valence-corrected chi connectivity index (χ2v) is 4.22. The number of hydrogen-bond acceptors (Lipinski definition) is 5. The topological polar surface area (TPSA) is 80.7 Å². The van der Waals surface area contributed by atoms with E-state index in [2.05, 4.69) is 10.3 Å². The van der Waals surface area contributed by atoms with E-state index in [4.69, 9.17) is 9.47 Å². The van der Waals surface area contributed by atoms with Gasteiger partial charge in [-0.15, -0.1) is 0 Å². The van der Waals surface area contributed by atoms with Crippen LogP contribution < -0.4 is 14.8 Å². The normalized spacial score (nSPS) is 10.6. The highest BCUT2D eigenvalue weighted by Gasteiger charge is 2.17. The number of benzene rings is 1. The molecule has 6 nitrogen and oxygen atoms in total. The summed E-state index contributed by atoms with van der Waals surface area (Å²) in [5.41, 5.74) is 1.35. The molecule has 0 saturated heterocycles. The largest absolute Gasteiger partial charge is 0.497 e. The second kappa shape index (κ2) is 5.75. The predicted octanol–water partition coefficient (Wildman–Crippen LogP) is 1.67. The van der Waals surface area contributed by atoms with Crippen LogP contribution >= 0.6 is 0 Å². The summed E-state index contributed by atoms with van der Waals surface area (Å²) in [5, 5.41) is 12.8. The Hall–Kier alpha value is -2.34. The van der Waals surface area contributed by atoms with E-state index in [-0.39, 0.29) is 5.56 Å². The van der Waals surface area contributed by atoms with E-state index in [1.165, 1.54) is 14.2 Å². The van der Waals surface area contributed by atoms with Crippen LogP contribution in [0.4, 0.5) is 0 Å². The average molecular weight is 276 g/mol. The van der Waals surface area contributed by atoms with Crippen molar-refractivity contribution in [1.29, 1.82) is 0 Å². The Labute approximate surface area is 116 Å². The van der Waals surface area contributed by atoms with Gasteiger partial charge in [-0.2, -0.15) is 0 Å². The molecule has 1 aromatic heterocycles. The molecule has 2 aromatic rings. The zero-order valence-electron chi connectivity index (χ0n) is 11.6. The molecule has 2 rings (SSSR count). The lowest BCUT2D eigenvalue weighted by Crippen LogP contribution is -2.10. The summed E-state index contributed by atoms with van der Waals surface area (Å²) < 4.78 is 10.4. The Morgan fingerprint density at radius 2 is 2.05 bits per heavy atom. The summed E-state index contributed by atoms with van der Waals surface area (Å²) in [6.45, 7) is 0.482. The minimum Gasteiger partial charge on any atom is -0.497 e. The van der Waals surface area contributed by atoms with Crippen molar-refractivity contribution in [3.8, 4) is 11.5 Å². The summed E-state index contributed by atoms with van der Waals surface area (Å²) in [4.78, 5) is 15.9. The van der Waals surface area contributed by atoms with Crippen LogP contribution in [0.1, 0.15) is 16.1 Å². The van der Waals surface area contributed by atoms with Crippen LogP contribution in [0, 0.1) is 0 Å². The van der Waals surface area contributed by atoms with Gasteiger partial charge in [-0.25, -0.2) is 4.79 Å². The van der Waals surface area contributed by atoms with Gasteiger partial charge in [0.15, 0.2) is 0 Å². The lowest BCUT2D eigenvalue weighted by Gasteiger charge is -2.12. The molecule has 2 N–H and O–H groups in total. The molecule has 0 fully saturated rings. The minimum absolute atomic E-state index is 0.166. The van der Waals surface area contributed by atoms with Crippen molar-refractivity contribution in [2.75, 3.05) is 21.3 Å². The van der Waals surface area contributed by atoms with Crippen molar-refractivity contribution < 1.29 is 19.4 Å². The first-order valence-electron chi connectivity index (χ1n) is 6.04. The van der Waals surface area contributed by atoms with E-state index in [0.29, 0.717) is 34.6 Å². The zero-order valence-corrected chi connectivity index (χ0v) is 11.6. The van der Waals surface area contributed by atoms with Crippen LogP contribution in [0.3, 0.4) is 0 Å². The Balaban J connectivity index is 2.81. The molecule has 1 heterocycles. The van der Waals surface area contributed by atoms with E-state index in [1.54, 1.807) is 25.2 Å². The van der Waals surface area contributed by atoms with Crippen LogP contribution in [-0.2, 0) is 6.54 Å². The van der Waals surface area contributed by atoms with E-state index in [1.807, 2.05) is 0 Å². The second-order valence-electron chi connectivity index (χ2n) is 4.22. The van der Waals surface area contributed by atoms with Gasteiger partial charge in [0, 0.05) is 18.7 Å². The number of hydrogen-bond donors (Lipinski definition) is 2. The molecule has 0 radical (unpaired) electrons. The maximum Gasteiger partial charge on any atom is 0.336 e. The van der Waals surface area contributed by atoms with Gasteiger partial charge in [0.1, 0.15) is 11.5 Å². The number of ether oxygens (including phenoxy) is 2. The third-order valence-corrected chi connectivity index (χ3v) is 2.94. The molecular weight excluding hydrogens is 260 g/mol. The first-order valence-corrected chi connectivity index (χ1v) is 6.04. The molecule has 0 aliphatic carbocycles. The third kappa shape index (κ3) is 2.50. The van der Waals surface area contributed by atoms with Crippen LogP contribution in [0.2, 0.25) is 0 Å². The highest BCUT2D eigenvalue weighted by atomic mass is 16.5. The van der Waals surface area contributed by atoms with E-state index in [0.717, 1.165) is 0 Å². The number of pyridine rings is 1. The molecule has 106 valence electrons. The van der Waals surface area contributed by atoms with Crippen LogP contribution in [-0.4, -0.2) is 37.3 Å². The van der Waals surface area contributed by atoms with Gasteiger partial charge >= 0.3 is 5.97 Å². The van der Waals surface area contributed by atoms with E-state index in [9.17, 15) is 9.90 Å². The molecule has 20 heavy (non-hydrogen) atoms. The third-order valence-electron chi connectivity index (χ3n) is 2.94. The van der Waals surface area contributed by atoms with Crippen LogP contribution in [0.15, 0.2) is 18.2 Å². The molecule has 0 atom stereocenters. The maximum atomic E-state index is 11.5. The van der Waals surface area contributed by atoms with Crippen molar-refractivity contribution in [3.63, 3.8) is 0 Å². The molecule has 0 unspecified atom stereocenters. The first kappa shape index (κ1) is 14.1. The van der Waals surface area contributed by atoms with E-state index >= 15 is 0 Å². The summed E-state index contributed by atoms with van der Waals surface area (Å²) in [7, 11) is 4.80. The maximum absolute atomic E-state index is 11.5. The van der Waals surface area contributed by atoms with Crippen LogP contribution in [0.5, 0.6) is 11.5 Å². The highest BCUT2D eigenvalue weighted by Crippen LogP contribution is 2.33. The van der Waals surface area contributed by atoms with Gasteiger partial charge in [0.2, 0.25) is 0 Å². The number of nitrogens with zero attached hydrogens (tertiary/aromatic N) is 1. The minimum atomic E-state index is -1.02. The molecule has 0 amide bonds. The van der Waals surface area contributed by atoms with Gasteiger partial charge < -0.3 is 19.9 Å². The van der Waals surface area contributed by atoms with Gasteiger partial charge in [0.05, 0.1) is 36.4 Å². The lowest BCUT2D eigenvalue weighted by molar-refractivity contribution is 0.0698. The molecule has 0 saturated carbocycles. The number of methoxy groups -OCH3 is 2. The van der Waals surface area contributed by atoms with Gasteiger partial charge in [-0.1, -0.05) is 0 Å². The zero-order chi connectivity index (χ0) is 14.7. The van der Waals surface area contributed by atoms with Crippen molar-refractivity contribution in [3.05, 3.63) is 29.5 Å². The van der Waals surface area contributed by atoms with Gasteiger partial charge in [0.25, 0.3) is 0 Å². The smallest absolute Gasteiger partial charge is 0.336 e. The fraction of sp³-hybridized carbons (Fsp3) is 0.286. The number of rotatable bonds is 5. The number of carbonyl (C=O) groups is 1. The highest BCUT2D eigenvalue weighted by molar-refractivity contribution is 6.05. The summed E-state index contributed by atoms with van der Waals surface area (Å²) in [6, 6.07) is 4.90. The number of aromatic carboxylic acids is 1. The molecular formula is C14H16N2O4. The number of carboxylic acids is 1. The number of carboxylic acid groups (broad SMARTS) is 1. The quantitative estimate of drug-likeness (QED) is 0.864. The lowest BCUT2D eigenvalue weighted by atomic mass is 10.1. The van der Waals surface area contributed by atoms with Crippen molar-refractivity contribution in [1.82, 2.24) is 10.3 Å². The number of aromatic nitrogens is 1. The van der Waals surface area contributed by atoms with Crippen molar-refractivity contribution >= 4 is 16.9 Å². The standard InChI is InChI=1S/C14H16N2O4/c1-15-7-8-4-10(14(17)18)13-11(16-8)5-9(19-2)6-12(13)20-3/h4-6,15H,7H2,1-3H3,(H,17,18).